The van der Waals surface area contributed by atoms with Crippen LogP contribution in [0.15, 0.2) is 59.5 Å². The molecule has 2 rings (SSSR count). The number of nitrogens with one attached hydrogen (secondary N) is 1. The minimum Gasteiger partial charge on any atom is -0.333 e. The number of aryl methyl sites for hydroxylation is 1. The summed E-state index contributed by atoms with van der Waals surface area (Å²) < 4.78 is 0. The quantitative estimate of drug-likeness (QED) is 0.634. The Morgan fingerprint density at radius 3 is 2.64 bits per heavy atom. The van der Waals surface area contributed by atoms with Crippen LogP contribution in [-0.2, 0) is 9.59 Å². The number of thioether (sulfide) groups is 1. The molecular weight excluding hydrogens is 332 g/mol. The molecule has 0 atom stereocenters. The predicted octanol–water partition coefficient (Wildman–Crippen LogP) is 3.83. The van der Waals surface area contributed by atoms with E-state index in [1.165, 1.54) is 11.0 Å². The number of likely N-dealkylation sites (N-methyl/N-ethyl adjacent to an activating group) is 1. The number of amides is 2. The second-order valence-corrected chi connectivity index (χ2v) is 6.54. The van der Waals surface area contributed by atoms with Crippen molar-refractivity contribution >= 4 is 35.3 Å². The van der Waals surface area contributed by atoms with Gasteiger partial charge in [-0.2, -0.15) is 0 Å². The van der Waals surface area contributed by atoms with Gasteiger partial charge < -0.3 is 10.2 Å². The maximum absolute atomic E-state index is 12.2. The molecule has 0 heterocycles. The number of hydrogen-bond donors (Lipinski definition) is 1. The molecule has 25 heavy (non-hydrogen) atoms. The lowest BCUT2D eigenvalue weighted by Crippen LogP contribution is -2.33. The highest BCUT2D eigenvalue weighted by atomic mass is 32.2. The Morgan fingerprint density at radius 1 is 1.16 bits per heavy atom. The number of anilines is 1. The molecule has 1 N–H and O–H groups in total. The largest absolute Gasteiger partial charge is 0.333 e. The van der Waals surface area contributed by atoms with E-state index in [4.69, 9.17) is 0 Å². The van der Waals surface area contributed by atoms with Gasteiger partial charge in [0, 0.05) is 18.0 Å². The molecule has 0 bridgehead atoms. The van der Waals surface area contributed by atoms with Crippen LogP contribution >= 0.6 is 11.8 Å². The third-order valence-electron chi connectivity index (χ3n) is 3.60. The normalized spacial score (nSPS) is 10.7. The van der Waals surface area contributed by atoms with Crippen LogP contribution in [0.1, 0.15) is 11.1 Å². The molecule has 2 aromatic rings. The maximum atomic E-state index is 12.2. The van der Waals surface area contributed by atoms with E-state index in [9.17, 15) is 9.59 Å². The van der Waals surface area contributed by atoms with E-state index in [1.807, 2.05) is 61.7 Å². The fourth-order valence-corrected chi connectivity index (χ4v) is 2.85. The molecule has 130 valence electrons. The molecular formula is C20H22N2O2S. The van der Waals surface area contributed by atoms with E-state index < -0.39 is 0 Å². The van der Waals surface area contributed by atoms with Crippen LogP contribution in [0.25, 0.3) is 6.08 Å². The van der Waals surface area contributed by atoms with E-state index >= 15 is 0 Å². The number of nitrogens with zero attached hydrogens (tertiary/aromatic N) is 1. The average molecular weight is 354 g/mol. The fraction of sp³-hybridized carbons (Fsp3) is 0.200. The van der Waals surface area contributed by atoms with Gasteiger partial charge in [-0.25, -0.2) is 0 Å². The van der Waals surface area contributed by atoms with E-state index in [1.54, 1.807) is 24.9 Å². The number of para-hydroxylation sites is 1. The molecule has 0 aliphatic rings. The number of carbonyl (C=O) groups is 2. The highest BCUT2D eigenvalue weighted by Crippen LogP contribution is 2.24. The molecule has 0 radical (unpaired) electrons. The van der Waals surface area contributed by atoms with Crippen LogP contribution < -0.4 is 5.32 Å². The summed E-state index contributed by atoms with van der Waals surface area (Å²) in [5.74, 6) is -0.434. The Kier molecular flexibility index (Phi) is 6.83. The summed E-state index contributed by atoms with van der Waals surface area (Å²) in [6, 6.07) is 15.5. The first-order valence-electron chi connectivity index (χ1n) is 7.92. The van der Waals surface area contributed by atoms with Gasteiger partial charge in [-0.05, 0) is 37.0 Å². The standard InChI is InChI=1S/C20H22N2O2S/c1-15-7-6-8-16(13-15)11-12-20(24)22(2)14-19(23)21-17-9-4-5-10-18(17)25-3/h4-13H,14H2,1-3H3,(H,21,23). The molecule has 0 unspecified atom stereocenters. The Hall–Kier alpha value is -2.53. The lowest BCUT2D eigenvalue weighted by atomic mass is 10.1. The number of hydrogen-bond acceptors (Lipinski definition) is 3. The summed E-state index contributed by atoms with van der Waals surface area (Å²) in [5, 5.41) is 2.85. The van der Waals surface area contributed by atoms with Gasteiger partial charge in [0.05, 0.1) is 12.2 Å². The third-order valence-corrected chi connectivity index (χ3v) is 4.39. The smallest absolute Gasteiger partial charge is 0.246 e. The maximum Gasteiger partial charge on any atom is 0.246 e. The lowest BCUT2D eigenvalue weighted by Gasteiger charge is -2.15. The minimum absolute atomic E-state index is 0.000292. The van der Waals surface area contributed by atoms with E-state index in [0.29, 0.717) is 0 Å². The van der Waals surface area contributed by atoms with Crippen molar-refractivity contribution in [2.75, 3.05) is 25.2 Å². The summed E-state index contributed by atoms with van der Waals surface area (Å²) in [5.41, 5.74) is 2.85. The highest BCUT2D eigenvalue weighted by Gasteiger charge is 2.12. The molecule has 0 aliphatic carbocycles. The van der Waals surface area contributed by atoms with Crippen LogP contribution in [0.2, 0.25) is 0 Å². The molecule has 0 aliphatic heterocycles. The Labute approximate surface area is 152 Å². The second-order valence-electron chi connectivity index (χ2n) is 5.69. The minimum atomic E-state index is -0.221. The molecule has 0 saturated heterocycles. The van der Waals surface area contributed by atoms with Gasteiger partial charge in [-0.1, -0.05) is 42.0 Å². The Morgan fingerprint density at radius 2 is 1.92 bits per heavy atom. The van der Waals surface area contributed by atoms with E-state index in [0.717, 1.165) is 21.7 Å². The predicted molar refractivity (Wildman–Crippen MR) is 105 cm³/mol. The second kappa shape index (κ2) is 9.08. The van der Waals surface area contributed by atoms with Gasteiger partial charge in [0.15, 0.2) is 0 Å². The van der Waals surface area contributed by atoms with Crippen molar-refractivity contribution in [3.8, 4) is 0 Å². The van der Waals surface area contributed by atoms with Crippen LogP contribution in [-0.4, -0.2) is 36.6 Å². The fourth-order valence-electron chi connectivity index (χ4n) is 2.30. The van der Waals surface area contributed by atoms with Crippen molar-refractivity contribution in [3.05, 3.63) is 65.7 Å². The first kappa shape index (κ1) is 18.8. The molecule has 5 heteroatoms. The van der Waals surface area contributed by atoms with Crippen LogP contribution in [0.5, 0.6) is 0 Å². The third kappa shape index (κ3) is 5.80. The van der Waals surface area contributed by atoms with Crippen molar-refractivity contribution in [1.82, 2.24) is 4.90 Å². The summed E-state index contributed by atoms with van der Waals surface area (Å²) in [4.78, 5) is 26.7. The number of rotatable bonds is 6. The Balaban J connectivity index is 1.93. The van der Waals surface area contributed by atoms with Crippen molar-refractivity contribution < 1.29 is 9.59 Å². The highest BCUT2D eigenvalue weighted by molar-refractivity contribution is 7.98. The molecule has 2 amide bonds. The molecule has 0 fully saturated rings. The van der Waals surface area contributed by atoms with Gasteiger partial charge in [-0.3, -0.25) is 9.59 Å². The molecule has 0 spiro atoms. The van der Waals surface area contributed by atoms with Crippen LogP contribution in [0.4, 0.5) is 5.69 Å². The zero-order valence-corrected chi connectivity index (χ0v) is 15.5. The van der Waals surface area contributed by atoms with Gasteiger partial charge >= 0.3 is 0 Å². The SMILES string of the molecule is CSc1ccccc1NC(=O)CN(C)C(=O)C=Cc1cccc(C)c1. The van der Waals surface area contributed by atoms with Gasteiger partial charge in [0.1, 0.15) is 0 Å². The summed E-state index contributed by atoms with van der Waals surface area (Å²) in [7, 11) is 1.61. The van der Waals surface area contributed by atoms with Gasteiger partial charge in [0.25, 0.3) is 0 Å². The van der Waals surface area contributed by atoms with Crippen LogP contribution in [0.3, 0.4) is 0 Å². The first-order chi connectivity index (χ1) is 12.0. The Bertz CT molecular complexity index is 787. The molecule has 4 nitrogen and oxygen atoms in total. The molecule has 0 saturated carbocycles. The first-order valence-corrected chi connectivity index (χ1v) is 9.15. The van der Waals surface area contributed by atoms with E-state index in [2.05, 4.69) is 5.32 Å². The number of carbonyl (C=O) groups excluding carboxylic acids is 2. The number of benzene rings is 2. The summed E-state index contributed by atoms with van der Waals surface area (Å²) in [6.07, 6.45) is 5.20. The van der Waals surface area contributed by atoms with Crippen molar-refractivity contribution in [2.24, 2.45) is 0 Å². The van der Waals surface area contributed by atoms with Crippen LogP contribution in [0, 0.1) is 6.92 Å². The summed E-state index contributed by atoms with van der Waals surface area (Å²) >= 11 is 1.56. The van der Waals surface area contributed by atoms with Crippen molar-refractivity contribution in [3.63, 3.8) is 0 Å². The molecule has 0 aromatic heterocycles. The van der Waals surface area contributed by atoms with Crippen molar-refractivity contribution in [1.29, 1.82) is 0 Å². The van der Waals surface area contributed by atoms with E-state index in [-0.39, 0.29) is 18.4 Å². The topological polar surface area (TPSA) is 49.4 Å². The van der Waals surface area contributed by atoms with Gasteiger partial charge in [-0.15, -0.1) is 11.8 Å². The zero-order valence-electron chi connectivity index (χ0n) is 14.7. The van der Waals surface area contributed by atoms with Crippen molar-refractivity contribution in [2.45, 2.75) is 11.8 Å². The zero-order chi connectivity index (χ0) is 18.2. The summed E-state index contributed by atoms with van der Waals surface area (Å²) in [6.45, 7) is 2.00. The van der Waals surface area contributed by atoms with Gasteiger partial charge in [0.2, 0.25) is 11.8 Å². The monoisotopic (exact) mass is 354 g/mol. The average Bonchev–Trinajstić information content (AvgIpc) is 2.60. The molecule has 2 aromatic carbocycles. The lowest BCUT2D eigenvalue weighted by molar-refractivity contribution is -0.129.